The van der Waals surface area contributed by atoms with Crippen molar-refractivity contribution in [2.24, 2.45) is 0 Å². The number of aliphatic hydroxyl groups excluding tert-OH is 8. The van der Waals surface area contributed by atoms with Crippen LogP contribution in [0, 0.1) is 0 Å². The molecule has 0 aromatic carbocycles. The predicted molar refractivity (Wildman–Crippen MR) is 309 cm³/mol. The highest BCUT2D eigenvalue weighted by Gasteiger charge is 2.51. The Kier molecular flexibility index (Phi) is 44.5. The number of carbonyl (C=O) groups is 1. The average molecular weight is 1090 g/mol. The summed E-state index contributed by atoms with van der Waals surface area (Å²) < 4.78 is 22.7. The number of amides is 1. The predicted octanol–water partition coefficient (Wildman–Crippen LogP) is 10.9. The van der Waals surface area contributed by atoms with E-state index in [1.54, 1.807) is 6.08 Å². The highest BCUT2D eigenvalue weighted by atomic mass is 16.7. The quantitative estimate of drug-likeness (QED) is 0.0204. The fraction of sp³-hybridized carbons (Fsp3) is 0.825. The summed E-state index contributed by atoms with van der Waals surface area (Å²) in [5.74, 6) is -0.267. The summed E-state index contributed by atoms with van der Waals surface area (Å²) in [6, 6.07) is -0.943. The van der Waals surface area contributed by atoms with Gasteiger partial charge in [-0.25, -0.2) is 0 Å². The van der Waals surface area contributed by atoms with E-state index in [4.69, 9.17) is 18.9 Å². The number of carbonyl (C=O) groups excluding carboxylic acids is 1. The first-order valence-electron chi connectivity index (χ1n) is 31.0. The van der Waals surface area contributed by atoms with Gasteiger partial charge < -0.3 is 65.1 Å². The summed E-state index contributed by atoms with van der Waals surface area (Å²) in [5.41, 5.74) is 0. The van der Waals surface area contributed by atoms with Crippen molar-refractivity contribution in [3.05, 3.63) is 60.8 Å². The number of rotatable bonds is 49. The Bertz CT molecular complexity index is 1520. The second-order valence-corrected chi connectivity index (χ2v) is 21.8. The van der Waals surface area contributed by atoms with Gasteiger partial charge in [0.15, 0.2) is 12.6 Å². The molecule has 0 aliphatic carbocycles. The maximum Gasteiger partial charge on any atom is 0.220 e. The van der Waals surface area contributed by atoms with Crippen LogP contribution in [0.2, 0.25) is 0 Å². The maximum atomic E-state index is 13.2. The lowest BCUT2D eigenvalue weighted by Crippen LogP contribution is -2.65. The molecule has 2 aliphatic rings. The molecule has 12 unspecified atom stereocenters. The molecular weight excluding hydrogens is 979 g/mol. The van der Waals surface area contributed by atoms with Gasteiger partial charge in [0.05, 0.1) is 32.0 Å². The molecule has 2 heterocycles. The van der Waals surface area contributed by atoms with Gasteiger partial charge in [0.2, 0.25) is 5.91 Å². The van der Waals surface area contributed by atoms with Crippen LogP contribution in [0.15, 0.2) is 60.8 Å². The van der Waals surface area contributed by atoms with E-state index in [1.165, 1.54) is 141 Å². The molecule has 0 aromatic rings. The van der Waals surface area contributed by atoms with Crippen LogP contribution < -0.4 is 5.32 Å². The van der Waals surface area contributed by atoms with E-state index in [1.807, 2.05) is 6.08 Å². The molecule has 12 atom stereocenters. The summed E-state index contributed by atoms with van der Waals surface area (Å²) in [5, 5.41) is 87.1. The van der Waals surface area contributed by atoms with Crippen LogP contribution in [0.4, 0.5) is 0 Å². The highest BCUT2D eigenvalue weighted by molar-refractivity contribution is 5.76. The second-order valence-electron chi connectivity index (χ2n) is 21.8. The van der Waals surface area contributed by atoms with Crippen LogP contribution in [0.1, 0.15) is 239 Å². The Balaban J connectivity index is 1.73. The van der Waals surface area contributed by atoms with Crippen molar-refractivity contribution < 1.29 is 64.6 Å². The van der Waals surface area contributed by atoms with E-state index in [0.29, 0.717) is 12.8 Å². The molecule has 14 heteroatoms. The number of allylic oxidation sites excluding steroid dienone is 9. The van der Waals surface area contributed by atoms with E-state index in [-0.39, 0.29) is 18.9 Å². The minimum absolute atomic E-state index is 0.252. The maximum absolute atomic E-state index is 13.2. The molecule has 2 saturated heterocycles. The fourth-order valence-corrected chi connectivity index (χ4v) is 9.97. The van der Waals surface area contributed by atoms with Crippen LogP contribution >= 0.6 is 0 Å². The Hall–Kier alpha value is -2.31. The van der Waals surface area contributed by atoms with Crippen LogP contribution in [0.25, 0.3) is 0 Å². The Morgan fingerprint density at radius 1 is 0.481 bits per heavy atom. The zero-order chi connectivity index (χ0) is 56.0. The number of unbranched alkanes of at least 4 members (excludes halogenated alkanes) is 28. The van der Waals surface area contributed by atoms with E-state index >= 15 is 0 Å². The van der Waals surface area contributed by atoms with Crippen molar-refractivity contribution in [2.45, 2.75) is 312 Å². The van der Waals surface area contributed by atoms with Crippen LogP contribution in [-0.4, -0.2) is 140 Å². The van der Waals surface area contributed by atoms with Gasteiger partial charge in [0.1, 0.15) is 48.8 Å². The molecule has 0 spiro atoms. The average Bonchev–Trinajstić information content (AvgIpc) is 3.44. The van der Waals surface area contributed by atoms with Gasteiger partial charge in [0.25, 0.3) is 0 Å². The summed E-state index contributed by atoms with van der Waals surface area (Å²) in [6.45, 7) is 2.66. The molecule has 2 rings (SSSR count). The smallest absolute Gasteiger partial charge is 0.220 e. The molecule has 77 heavy (non-hydrogen) atoms. The standard InChI is InChI=1S/C63H113NO13/c1-3-5-7-9-11-13-15-17-19-20-21-22-23-24-25-26-27-28-29-30-31-33-34-36-38-40-42-44-46-52(67)51(64-55(68)47-45-43-41-39-37-35-32-18-16-14-12-10-8-6-4-2)50-74-62-60(73)58(71)61(54(49-66)76-62)77-63-59(72)57(70)56(69)53(48-65)75-63/h6,8,12,14,18,32,36,38,44,46,51-54,56-63,65-67,69-73H,3-5,7,9-11,13,15-17,19-31,33-35,37,39-43,45,47-50H2,1-2H3,(H,64,68)/b8-6-,14-12-,32-18-,38-36+,46-44+. The van der Waals surface area contributed by atoms with Crippen molar-refractivity contribution in [1.82, 2.24) is 5.32 Å². The molecule has 9 N–H and O–H groups in total. The Morgan fingerprint density at radius 2 is 0.909 bits per heavy atom. The SMILES string of the molecule is CC/C=C\C/C=C\C/C=C\CCCCCCCC(=O)NC(COC1OC(CO)C(OC2OC(CO)C(O)C(O)C2O)C(O)C1O)C(O)/C=C/CC/C=C/CCCCCCCCCCCCCCCCCCCCCCCC. The zero-order valence-electron chi connectivity index (χ0n) is 48.2. The fourth-order valence-electron chi connectivity index (χ4n) is 9.97. The molecule has 0 aromatic heterocycles. The van der Waals surface area contributed by atoms with Gasteiger partial charge >= 0.3 is 0 Å². The van der Waals surface area contributed by atoms with E-state index in [9.17, 15) is 45.6 Å². The third kappa shape index (κ3) is 33.9. The van der Waals surface area contributed by atoms with E-state index < -0.39 is 86.8 Å². The number of nitrogens with one attached hydrogen (secondary N) is 1. The highest BCUT2D eigenvalue weighted by Crippen LogP contribution is 2.30. The van der Waals surface area contributed by atoms with Crippen molar-refractivity contribution >= 4 is 5.91 Å². The van der Waals surface area contributed by atoms with Gasteiger partial charge in [-0.15, -0.1) is 0 Å². The minimum atomic E-state index is -1.79. The summed E-state index contributed by atoms with van der Waals surface area (Å²) >= 11 is 0. The molecule has 1 amide bonds. The van der Waals surface area contributed by atoms with Gasteiger partial charge in [-0.1, -0.05) is 229 Å². The van der Waals surface area contributed by atoms with Crippen molar-refractivity contribution in [1.29, 1.82) is 0 Å². The van der Waals surface area contributed by atoms with Gasteiger partial charge in [-0.05, 0) is 64.2 Å². The first-order valence-corrected chi connectivity index (χ1v) is 31.0. The lowest BCUT2D eigenvalue weighted by Gasteiger charge is -2.46. The lowest BCUT2D eigenvalue weighted by atomic mass is 9.97. The number of aliphatic hydroxyl groups is 8. The largest absolute Gasteiger partial charge is 0.394 e. The van der Waals surface area contributed by atoms with E-state index in [2.05, 4.69) is 67.8 Å². The number of hydrogen-bond acceptors (Lipinski definition) is 13. The van der Waals surface area contributed by atoms with E-state index in [0.717, 1.165) is 64.2 Å². The molecule has 2 fully saturated rings. The van der Waals surface area contributed by atoms with Crippen molar-refractivity contribution in [3.63, 3.8) is 0 Å². The van der Waals surface area contributed by atoms with Gasteiger partial charge in [0, 0.05) is 6.42 Å². The summed E-state index contributed by atoms with van der Waals surface area (Å²) in [7, 11) is 0. The Labute approximate surface area is 466 Å². The molecule has 0 bridgehead atoms. The third-order valence-corrected chi connectivity index (χ3v) is 14.9. The van der Waals surface area contributed by atoms with Crippen LogP contribution in [0.5, 0.6) is 0 Å². The third-order valence-electron chi connectivity index (χ3n) is 14.9. The Morgan fingerprint density at radius 3 is 1.43 bits per heavy atom. The first kappa shape index (κ1) is 70.8. The molecule has 0 saturated carbocycles. The molecule has 14 nitrogen and oxygen atoms in total. The van der Waals surface area contributed by atoms with Gasteiger partial charge in [-0.2, -0.15) is 0 Å². The molecule has 2 aliphatic heterocycles. The summed E-state index contributed by atoms with van der Waals surface area (Å²) in [6.07, 6.45) is 45.7. The van der Waals surface area contributed by atoms with Crippen LogP contribution in [0.3, 0.4) is 0 Å². The van der Waals surface area contributed by atoms with Crippen molar-refractivity contribution in [3.8, 4) is 0 Å². The zero-order valence-corrected chi connectivity index (χ0v) is 48.2. The normalized spacial score (nSPS) is 25.1. The summed E-state index contributed by atoms with van der Waals surface area (Å²) in [4.78, 5) is 13.2. The minimum Gasteiger partial charge on any atom is -0.394 e. The molecular formula is C63H113NO13. The van der Waals surface area contributed by atoms with Crippen molar-refractivity contribution in [2.75, 3.05) is 19.8 Å². The topological polar surface area (TPSA) is 228 Å². The monoisotopic (exact) mass is 1090 g/mol. The molecule has 0 radical (unpaired) electrons. The number of ether oxygens (including phenoxy) is 4. The lowest BCUT2D eigenvalue weighted by molar-refractivity contribution is -0.359. The molecule has 448 valence electrons. The van der Waals surface area contributed by atoms with Gasteiger partial charge in [-0.3, -0.25) is 4.79 Å². The van der Waals surface area contributed by atoms with Crippen LogP contribution in [-0.2, 0) is 23.7 Å². The number of hydrogen-bond donors (Lipinski definition) is 9. The second kappa shape index (κ2) is 48.4. The first-order chi connectivity index (χ1) is 37.6.